The van der Waals surface area contributed by atoms with Gasteiger partial charge in [0.2, 0.25) is 0 Å². The largest absolute Gasteiger partial charge is 0.492 e. The Hall–Kier alpha value is -2.02. The second-order valence-corrected chi connectivity index (χ2v) is 3.47. The highest BCUT2D eigenvalue weighted by Crippen LogP contribution is 2.28. The van der Waals surface area contributed by atoms with E-state index in [-0.39, 0.29) is 29.6 Å². The Bertz CT molecular complexity index is 450. The van der Waals surface area contributed by atoms with E-state index in [9.17, 15) is 10.1 Å². The molecule has 92 valence electrons. The van der Waals surface area contributed by atoms with Gasteiger partial charge in [-0.25, -0.2) is 0 Å². The second kappa shape index (κ2) is 5.90. The number of benzene rings is 1. The maximum absolute atomic E-state index is 10.5. The molecule has 0 fully saturated rings. The van der Waals surface area contributed by atoms with E-state index in [1.165, 1.54) is 18.2 Å². The quantitative estimate of drug-likeness (QED) is 0.275. The number of rotatable bonds is 5. The molecule has 0 saturated heterocycles. The van der Waals surface area contributed by atoms with Gasteiger partial charge < -0.3 is 15.7 Å². The molecule has 0 unspecified atom stereocenters. The third-order valence-electron chi connectivity index (χ3n) is 1.87. The monoisotopic (exact) mass is 259 g/mol. The van der Waals surface area contributed by atoms with Crippen molar-refractivity contribution in [2.45, 2.75) is 6.42 Å². The van der Waals surface area contributed by atoms with Crippen molar-refractivity contribution in [3.05, 3.63) is 33.3 Å². The van der Waals surface area contributed by atoms with Crippen molar-refractivity contribution in [1.82, 2.24) is 0 Å². The number of nitro groups is 1. The maximum atomic E-state index is 10.5. The Balaban J connectivity index is 2.64. The molecule has 0 aromatic heterocycles. The number of nitrogens with two attached hydrogens (primary N) is 1. The summed E-state index contributed by atoms with van der Waals surface area (Å²) in [5.41, 5.74) is 5.12. The zero-order valence-corrected chi connectivity index (χ0v) is 9.42. The van der Waals surface area contributed by atoms with Crippen molar-refractivity contribution in [3.8, 4) is 5.75 Å². The summed E-state index contributed by atoms with van der Waals surface area (Å²) in [4.78, 5) is 9.90. The third kappa shape index (κ3) is 3.80. The number of oxime groups is 1. The van der Waals surface area contributed by atoms with E-state index in [4.69, 9.17) is 27.3 Å². The summed E-state index contributed by atoms with van der Waals surface area (Å²) in [6, 6.07) is 3.87. The van der Waals surface area contributed by atoms with Crippen LogP contribution in [-0.4, -0.2) is 22.6 Å². The first-order chi connectivity index (χ1) is 8.04. The van der Waals surface area contributed by atoms with Gasteiger partial charge in [0.05, 0.1) is 16.6 Å². The number of ether oxygens (including phenoxy) is 1. The van der Waals surface area contributed by atoms with Crippen molar-refractivity contribution in [2.24, 2.45) is 10.9 Å². The number of nitrogens with zero attached hydrogens (tertiary/aromatic N) is 2. The molecule has 0 heterocycles. The molecule has 3 N–H and O–H groups in total. The second-order valence-electron chi connectivity index (χ2n) is 3.06. The third-order valence-corrected chi connectivity index (χ3v) is 2.17. The zero-order valence-electron chi connectivity index (χ0n) is 8.67. The highest BCUT2D eigenvalue weighted by Gasteiger charge is 2.10. The van der Waals surface area contributed by atoms with Gasteiger partial charge in [-0.2, -0.15) is 0 Å². The minimum absolute atomic E-state index is 0.0306. The number of hydrogen-bond donors (Lipinski definition) is 2. The predicted octanol–water partition coefficient (Wildman–Crippen LogP) is 1.76. The number of non-ortho nitro benzene ring substituents is 1. The van der Waals surface area contributed by atoms with Crippen LogP contribution in [-0.2, 0) is 0 Å². The first-order valence-corrected chi connectivity index (χ1v) is 4.95. The van der Waals surface area contributed by atoms with E-state index < -0.39 is 4.92 Å². The molecule has 1 rings (SSSR count). The lowest BCUT2D eigenvalue weighted by molar-refractivity contribution is -0.384. The minimum Gasteiger partial charge on any atom is -0.492 e. The highest BCUT2D eigenvalue weighted by atomic mass is 35.5. The fourth-order valence-corrected chi connectivity index (χ4v) is 1.27. The molecule has 0 aliphatic rings. The van der Waals surface area contributed by atoms with E-state index in [0.29, 0.717) is 5.75 Å². The van der Waals surface area contributed by atoms with E-state index in [2.05, 4.69) is 5.16 Å². The van der Waals surface area contributed by atoms with Crippen molar-refractivity contribution in [3.63, 3.8) is 0 Å². The fourth-order valence-electron chi connectivity index (χ4n) is 1.04. The van der Waals surface area contributed by atoms with Crippen LogP contribution >= 0.6 is 11.6 Å². The highest BCUT2D eigenvalue weighted by molar-refractivity contribution is 6.32. The summed E-state index contributed by atoms with van der Waals surface area (Å²) in [6.45, 7) is 0.160. The minimum atomic E-state index is -0.550. The van der Waals surface area contributed by atoms with Crippen molar-refractivity contribution < 1.29 is 14.9 Å². The van der Waals surface area contributed by atoms with Crippen LogP contribution in [0.3, 0.4) is 0 Å². The Kier molecular flexibility index (Phi) is 4.53. The van der Waals surface area contributed by atoms with E-state index in [0.717, 1.165) is 0 Å². The molecule has 0 aliphatic heterocycles. The van der Waals surface area contributed by atoms with Gasteiger partial charge >= 0.3 is 0 Å². The summed E-state index contributed by atoms with van der Waals surface area (Å²) >= 11 is 5.78. The summed E-state index contributed by atoms with van der Waals surface area (Å²) in [5.74, 6) is 0.339. The van der Waals surface area contributed by atoms with Gasteiger partial charge in [-0.3, -0.25) is 10.1 Å². The molecule has 0 aliphatic carbocycles. The average molecular weight is 260 g/mol. The lowest BCUT2D eigenvalue weighted by Gasteiger charge is -2.06. The van der Waals surface area contributed by atoms with Crippen LogP contribution in [0.5, 0.6) is 5.75 Å². The molecule has 0 saturated carbocycles. The number of amidine groups is 1. The number of nitro benzene ring substituents is 1. The van der Waals surface area contributed by atoms with Crippen molar-refractivity contribution in [1.29, 1.82) is 0 Å². The van der Waals surface area contributed by atoms with Crippen LogP contribution in [0.15, 0.2) is 23.4 Å². The molecular formula is C9H10ClN3O4. The average Bonchev–Trinajstić information content (AvgIpc) is 2.30. The van der Waals surface area contributed by atoms with Crippen LogP contribution in [0.25, 0.3) is 0 Å². The van der Waals surface area contributed by atoms with Crippen LogP contribution in [0.1, 0.15) is 6.42 Å². The van der Waals surface area contributed by atoms with Crippen LogP contribution in [0, 0.1) is 10.1 Å². The van der Waals surface area contributed by atoms with Gasteiger partial charge in [0.1, 0.15) is 11.6 Å². The Labute approximate surface area is 102 Å². The molecule has 0 spiro atoms. The topological polar surface area (TPSA) is 111 Å². The number of hydrogen-bond acceptors (Lipinski definition) is 5. The number of halogens is 1. The molecule has 17 heavy (non-hydrogen) atoms. The van der Waals surface area contributed by atoms with Crippen LogP contribution < -0.4 is 10.5 Å². The van der Waals surface area contributed by atoms with Gasteiger partial charge in [-0.15, -0.1) is 0 Å². The van der Waals surface area contributed by atoms with Crippen molar-refractivity contribution in [2.75, 3.05) is 6.61 Å². The SMILES string of the molecule is N/C(CCOc1ccc([N+](=O)[O-])cc1Cl)=N\O. The first kappa shape index (κ1) is 13.0. The van der Waals surface area contributed by atoms with Crippen LogP contribution in [0.2, 0.25) is 5.02 Å². The van der Waals surface area contributed by atoms with Gasteiger partial charge in [0, 0.05) is 18.6 Å². The van der Waals surface area contributed by atoms with Crippen LogP contribution in [0.4, 0.5) is 5.69 Å². The zero-order chi connectivity index (χ0) is 12.8. The first-order valence-electron chi connectivity index (χ1n) is 4.57. The Morgan fingerprint density at radius 2 is 2.35 bits per heavy atom. The predicted molar refractivity (Wildman–Crippen MR) is 61.6 cm³/mol. The fraction of sp³-hybridized carbons (Fsp3) is 0.222. The lowest BCUT2D eigenvalue weighted by Crippen LogP contribution is -2.15. The Morgan fingerprint density at radius 3 is 2.88 bits per heavy atom. The summed E-state index contributed by atoms with van der Waals surface area (Å²) in [5, 5.41) is 21.7. The van der Waals surface area contributed by atoms with E-state index in [1.54, 1.807) is 0 Å². The van der Waals surface area contributed by atoms with Crippen molar-refractivity contribution >= 4 is 23.1 Å². The molecule has 0 radical (unpaired) electrons. The molecule has 8 heteroatoms. The molecule has 0 bridgehead atoms. The summed E-state index contributed by atoms with van der Waals surface area (Å²) < 4.78 is 5.22. The van der Waals surface area contributed by atoms with Gasteiger partial charge in [0.15, 0.2) is 0 Å². The maximum Gasteiger partial charge on any atom is 0.271 e. The lowest BCUT2D eigenvalue weighted by atomic mass is 10.3. The Morgan fingerprint density at radius 1 is 1.65 bits per heavy atom. The standard InChI is InChI=1S/C9H10ClN3O4/c10-7-5-6(13(15)16)1-2-8(7)17-4-3-9(11)12-14/h1-2,5,14H,3-4H2,(H2,11,12). The molecular weight excluding hydrogens is 250 g/mol. The smallest absolute Gasteiger partial charge is 0.271 e. The van der Waals surface area contributed by atoms with E-state index >= 15 is 0 Å². The van der Waals surface area contributed by atoms with Gasteiger partial charge in [-0.1, -0.05) is 16.8 Å². The molecule has 1 aromatic rings. The summed E-state index contributed by atoms with van der Waals surface area (Å²) in [7, 11) is 0. The van der Waals surface area contributed by atoms with Gasteiger partial charge in [0.25, 0.3) is 5.69 Å². The molecule has 7 nitrogen and oxygen atoms in total. The molecule has 1 aromatic carbocycles. The summed E-state index contributed by atoms with van der Waals surface area (Å²) in [6.07, 6.45) is 0.226. The molecule has 0 amide bonds. The normalized spacial score (nSPS) is 11.2. The van der Waals surface area contributed by atoms with Gasteiger partial charge in [-0.05, 0) is 6.07 Å². The van der Waals surface area contributed by atoms with E-state index in [1.807, 2.05) is 0 Å². The molecule has 0 atom stereocenters.